The van der Waals surface area contributed by atoms with Gasteiger partial charge in [-0.3, -0.25) is 9.59 Å². The lowest BCUT2D eigenvalue weighted by Gasteiger charge is -2.31. The number of amides is 2. The maximum atomic E-state index is 12.4. The van der Waals surface area contributed by atoms with E-state index >= 15 is 0 Å². The molecular weight excluding hydrogens is 356 g/mol. The molecule has 154 valence electrons. The molecule has 2 amide bonds. The monoisotopic (exact) mass is 388 g/mol. The Morgan fingerprint density at radius 1 is 1.21 bits per heavy atom. The Bertz CT molecular complexity index is 685. The summed E-state index contributed by atoms with van der Waals surface area (Å²) in [5.41, 5.74) is 1.13. The minimum atomic E-state index is -0.0640. The van der Waals surface area contributed by atoms with Gasteiger partial charge < -0.3 is 19.7 Å². The van der Waals surface area contributed by atoms with Crippen molar-refractivity contribution in [2.75, 3.05) is 27.3 Å². The van der Waals surface area contributed by atoms with Gasteiger partial charge in [-0.1, -0.05) is 25.3 Å². The first-order valence-corrected chi connectivity index (χ1v) is 10.4. The third kappa shape index (κ3) is 5.40. The molecule has 1 heterocycles. The number of nitrogens with one attached hydrogen (secondary N) is 1. The first-order valence-electron chi connectivity index (χ1n) is 10.4. The summed E-state index contributed by atoms with van der Waals surface area (Å²) in [4.78, 5) is 26.4. The molecule has 3 rings (SSSR count). The molecule has 0 spiro atoms. The van der Waals surface area contributed by atoms with Crippen molar-refractivity contribution >= 4 is 11.8 Å². The third-order valence-electron chi connectivity index (χ3n) is 5.93. The number of hydrogen-bond acceptors (Lipinski definition) is 4. The fraction of sp³-hybridized carbons (Fsp3) is 0.636. The van der Waals surface area contributed by atoms with Crippen molar-refractivity contribution in [1.82, 2.24) is 10.2 Å². The van der Waals surface area contributed by atoms with E-state index < -0.39 is 0 Å². The summed E-state index contributed by atoms with van der Waals surface area (Å²) >= 11 is 0. The van der Waals surface area contributed by atoms with Crippen molar-refractivity contribution < 1.29 is 19.1 Å². The summed E-state index contributed by atoms with van der Waals surface area (Å²) in [5.74, 6) is 1.90. The molecule has 0 saturated heterocycles. The second-order valence-electron chi connectivity index (χ2n) is 7.96. The maximum Gasteiger partial charge on any atom is 0.223 e. The predicted molar refractivity (Wildman–Crippen MR) is 108 cm³/mol. The SMILES string of the molecule is COc1ccc2c(c1)OC[C@H](CNC(=O)CCC(=O)N(C)C1CCCCC1)C2. The Balaban J connectivity index is 1.38. The van der Waals surface area contributed by atoms with E-state index in [2.05, 4.69) is 5.32 Å². The van der Waals surface area contributed by atoms with E-state index in [0.29, 0.717) is 19.2 Å². The molecule has 1 aromatic carbocycles. The number of carbonyl (C=O) groups excluding carboxylic acids is 2. The van der Waals surface area contributed by atoms with Gasteiger partial charge in [0.1, 0.15) is 11.5 Å². The molecular formula is C22H32N2O4. The molecule has 0 radical (unpaired) electrons. The number of ether oxygens (including phenoxy) is 2. The van der Waals surface area contributed by atoms with Crippen LogP contribution in [-0.4, -0.2) is 50.1 Å². The molecule has 0 unspecified atom stereocenters. The zero-order valence-corrected chi connectivity index (χ0v) is 17.0. The van der Waals surface area contributed by atoms with Crippen LogP contribution in [0.4, 0.5) is 0 Å². The maximum absolute atomic E-state index is 12.4. The first-order chi connectivity index (χ1) is 13.6. The van der Waals surface area contributed by atoms with Crippen LogP contribution in [0.25, 0.3) is 0 Å². The second-order valence-corrected chi connectivity index (χ2v) is 7.96. The topological polar surface area (TPSA) is 67.9 Å². The smallest absolute Gasteiger partial charge is 0.223 e. The number of rotatable bonds is 7. The molecule has 1 aliphatic heterocycles. The van der Waals surface area contributed by atoms with Crippen LogP contribution in [-0.2, 0) is 16.0 Å². The van der Waals surface area contributed by atoms with Crippen LogP contribution >= 0.6 is 0 Å². The Labute approximate surface area is 167 Å². The summed E-state index contributed by atoms with van der Waals surface area (Å²) in [6, 6.07) is 6.19. The van der Waals surface area contributed by atoms with Gasteiger partial charge in [0, 0.05) is 44.5 Å². The van der Waals surface area contributed by atoms with Crippen molar-refractivity contribution in [2.45, 2.75) is 57.4 Å². The Kier molecular flexibility index (Phi) is 7.18. The minimum absolute atomic E-state index is 0.0640. The van der Waals surface area contributed by atoms with Crippen molar-refractivity contribution in [1.29, 1.82) is 0 Å². The highest BCUT2D eigenvalue weighted by atomic mass is 16.5. The van der Waals surface area contributed by atoms with Gasteiger partial charge in [-0.2, -0.15) is 0 Å². The molecule has 28 heavy (non-hydrogen) atoms. The van der Waals surface area contributed by atoms with Crippen LogP contribution in [0.5, 0.6) is 11.5 Å². The third-order valence-corrected chi connectivity index (χ3v) is 5.93. The Morgan fingerprint density at radius 2 is 2.00 bits per heavy atom. The molecule has 6 nitrogen and oxygen atoms in total. The summed E-state index contributed by atoms with van der Waals surface area (Å²) in [7, 11) is 3.52. The average Bonchev–Trinajstić information content (AvgIpc) is 2.75. The van der Waals surface area contributed by atoms with E-state index in [-0.39, 0.29) is 30.6 Å². The summed E-state index contributed by atoms with van der Waals surface area (Å²) in [6.45, 7) is 1.14. The highest BCUT2D eigenvalue weighted by molar-refractivity contribution is 5.83. The van der Waals surface area contributed by atoms with E-state index in [4.69, 9.17) is 9.47 Å². The van der Waals surface area contributed by atoms with Crippen LogP contribution in [0.3, 0.4) is 0 Å². The summed E-state index contributed by atoms with van der Waals surface area (Å²) in [5, 5.41) is 2.97. The number of methoxy groups -OCH3 is 1. The number of fused-ring (bicyclic) bond motifs is 1. The Hall–Kier alpha value is -2.24. The lowest BCUT2D eigenvalue weighted by atomic mass is 9.94. The van der Waals surface area contributed by atoms with Crippen molar-refractivity contribution in [3.05, 3.63) is 23.8 Å². The van der Waals surface area contributed by atoms with Gasteiger partial charge in [0.25, 0.3) is 0 Å². The van der Waals surface area contributed by atoms with Gasteiger partial charge in [-0.15, -0.1) is 0 Å². The molecule has 2 aliphatic rings. The fourth-order valence-corrected chi connectivity index (χ4v) is 4.09. The van der Waals surface area contributed by atoms with Gasteiger partial charge in [0.2, 0.25) is 11.8 Å². The molecule has 1 aliphatic carbocycles. The van der Waals surface area contributed by atoms with E-state index in [1.165, 1.54) is 19.3 Å². The van der Waals surface area contributed by atoms with E-state index in [1.54, 1.807) is 7.11 Å². The number of carbonyl (C=O) groups is 2. The first kappa shape index (κ1) is 20.5. The average molecular weight is 389 g/mol. The number of hydrogen-bond donors (Lipinski definition) is 1. The molecule has 1 fully saturated rings. The van der Waals surface area contributed by atoms with Gasteiger partial charge in [-0.25, -0.2) is 0 Å². The fourth-order valence-electron chi connectivity index (χ4n) is 4.09. The van der Waals surface area contributed by atoms with E-state index in [0.717, 1.165) is 36.3 Å². The van der Waals surface area contributed by atoms with Gasteiger partial charge in [-0.05, 0) is 30.9 Å². The summed E-state index contributed by atoms with van der Waals surface area (Å²) in [6.07, 6.45) is 7.23. The highest BCUT2D eigenvalue weighted by Crippen LogP contribution is 2.30. The molecule has 1 atom stereocenters. The second kappa shape index (κ2) is 9.80. The largest absolute Gasteiger partial charge is 0.497 e. The lowest BCUT2D eigenvalue weighted by molar-refractivity contribution is -0.134. The predicted octanol–water partition coefficient (Wildman–Crippen LogP) is 2.93. The quantitative estimate of drug-likeness (QED) is 0.780. The van der Waals surface area contributed by atoms with Gasteiger partial charge >= 0.3 is 0 Å². The van der Waals surface area contributed by atoms with Crippen molar-refractivity contribution in [3.63, 3.8) is 0 Å². The zero-order valence-electron chi connectivity index (χ0n) is 17.0. The van der Waals surface area contributed by atoms with Crippen LogP contribution in [0.2, 0.25) is 0 Å². The van der Waals surface area contributed by atoms with Crippen molar-refractivity contribution in [3.8, 4) is 11.5 Å². The van der Waals surface area contributed by atoms with E-state index in [1.807, 2.05) is 30.1 Å². The lowest BCUT2D eigenvalue weighted by Crippen LogP contribution is -2.39. The number of benzene rings is 1. The van der Waals surface area contributed by atoms with Gasteiger partial charge in [0.05, 0.1) is 13.7 Å². The van der Waals surface area contributed by atoms with Crippen molar-refractivity contribution in [2.24, 2.45) is 5.92 Å². The normalized spacial score (nSPS) is 19.3. The molecule has 6 heteroatoms. The summed E-state index contributed by atoms with van der Waals surface area (Å²) < 4.78 is 11.0. The molecule has 1 N–H and O–H groups in total. The Morgan fingerprint density at radius 3 is 2.75 bits per heavy atom. The molecule has 0 aromatic heterocycles. The van der Waals surface area contributed by atoms with Crippen LogP contribution in [0.15, 0.2) is 18.2 Å². The standard InChI is InChI=1S/C22H32N2O4/c1-24(18-6-4-3-5-7-18)22(26)11-10-21(25)23-14-16-12-17-8-9-19(27-2)13-20(17)28-15-16/h8-9,13,16,18H,3-7,10-12,14-15H2,1-2H3,(H,23,25)/t16-/m0/s1. The number of nitrogens with zero attached hydrogens (tertiary/aromatic N) is 1. The van der Waals surface area contributed by atoms with Crippen LogP contribution in [0.1, 0.15) is 50.5 Å². The van der Waals surface area contributed by atoms with E-state index in [9.17, 15) is 9.59 Å². The zero-order chi connectivity index (χ0) is 19.9. The molecule has 1 aromatic rings. The van der Waals surface area contributed by atoms with Crippen LogP contribution in [0, 0.1) is 5.92 Å². The van der Waals surface area contributed by atoms with Gasteiger partial charge in [0.15, 0.2) is 0 Å². The van der Waals surface area contributed by atoms with Crippen LogP contribution < -0.4 is 14.8 Å². The highest BCUT2D eigenvalue weighted by Gasteiger charge is 2.23. The molecule has 1 saturated carbocycles. The molecule has 0 bridgehead atoms. The minimum Gasteiger partial charge on any atom is -0.497 e.